The first-order valence-corrected chi connectivity index (χ1v) is 7.38. The molecule has 0 unspecified atom stereocenters. The topological polar surface area (TPSA) is 29.5 Å². The number of methoxy groups -OCH3 is 1. The molecule has 1 aliphatic rings. The number of aliphatic hydroxyl groups excluding tert-OH is 1. The second-order valence-corrected chi connectivity index (χ2v) is 6.39. The first kappa shape index (κ1) is 14.7. The van der Waals surface area contributed by atoms with Crippen molar-refractivity contribution in [2.75, 3.05) is 13.7 Å². The standard InChI is InChI=1S/C16H23ClO2/c1-16(2,10-18)13-9-11-7-5-4-6-8-12(11)14(17)15(13)19-3/h9,18H,4-8,10H2,1-3H3. The van der Waals surface area contributed by atoms with Gasteiger partial charge in [-0.2, -0.15) is 0 Å². The number of hydrogen-bond acceptors (Lipinski definition) is 2. The number of benzene rings is 1. The maximum absolute atomic E-state index is 9.62. The summed E-state index contributed by atoms with van der Waals surface area (Å²) in [6.07, 6.45) is 5.78. The lowest BCUT2D eigenvalue weighted by Crippen LogP contribution is -2.23. The van der Waals surface area contributed by atoms with Gasteiger partial charge in [0.1, 0.15) is 5.75 Å². The highest BCUT2D eigenvalue weighted by Gasteiger charge is 2.28. The molecular formula is C16H23ClO2. The van der Waals surface area contributed by atoms with E-state index in [1.54, 1.807) is 7.11 Å². The third-order valence-corrected chi connectivity index (χ3v) is 4.52. The Morgan fingerprint density at radius 2 is 1.95 bits per heavy atom. The molecule has 0 aliphatic heterocycles. The van der Waals surface area contributed by atoms with Crippen molar-refractivity contribution < 1.29 is 9.84 Å². The van der Waals surface area contributed by atoms with Crippen LogP contribution in [0.15, 0.2) is 6.07 Å². The normalized spacial score (nSPS) is 15.8. The molecule has 1 N–H and O–H groups in total. The molecule has 0 atom stereocenters. The summed E-state index contributed by atoms with van der Waals surface area (Å²) in [6.45, 7) is 4.12. The van der Waals surface area contributed by atoms with Crippen LogP contribution in [0.1, 0.15) is 49.8 Å². The van der Waals surface area contributed by atoms with E-state index < -0.39 is 0 Å². The minimum Gasteiger partial charge on any atom is -0.495 e. The van der Waals surface area contributed by atoms with Gasteiger partial charge in [-0.3, -0.25) is 0 Å². The summed E-state index contributed by atoms with van der Waals surface area (Å²) in [4.78, 5) is 0. The molecule has 0 aromatic heterocycles. The van der Waals surface area contributed by atoms with E-state index in [0.717, 1.165) is 29.2 Å². The van der Waals surface area contributed by atoms with E-state index in [0.29, 0.717) is 0 Å². The average molecular weight is 283 g/mol. The molecule has 0 saturated heterocycles. The van der Waals surface area contributed by atoms with Crippen LogP contribution in [-0.2, 0) is 18.3 Å². The lowest BCUT2D eigenvalue weighted by Gasteiger charge is -2.27. The molecule has 0 fully saturated rings. The van der Waals surface area contributed by atoms with Gasteiger partial charge in [-0.1, -0.05) is 37.9 Å². The fraction of sp³-hybridized carbons (Fsp3) is 0.625. The van der Waals surface area contributed by atoms with Crippen LogP contribution in [0.3, 0.4) is 0 Å². The summed E-state index contributed by atoms with van der Waals surface area (Å²) >= 11 is 6.56. The number of halogens is 1. The SMILES string of the molecule is COc1c(C(C)(C)CO)cc2c(c1Cl)CCCCC2. The van der Waals surface area contributed by atoms with Crippen LogP contribution in [0.5, 0.6) is 5.75 Å². The van der Waals surface area contributed by atoms with Crippen LogP contribution in [0.4, 0.5) is 0 Å². The highest BCUT2D eigenvalue weighted by molar-refractivity contribution is 6.33. The van der Waals surface area contributed by atoms with Crippen LogP contribution in [-0.4, -0.2) is 18.8 Å². The third-order valence-electron chi connectivity index (χ3n) is 4.12. The molecule has 0 saturated carbocycles. The van der Waals surface area contributed by atoms with Crippen LogP contribution in [0, 0.1) is 0 Å². The predicted molar refractivity (Wildman–Crippen MR) is 79.4 cm³/mol. The zero-order valence-corrected chi connectivity index (χ0v) is 12.8. The van der Waals surface area contributed by atoms with Crippen molar-refractivity contribution >= 4 is 11.6 Å². The van der Waals surface area contributed by atoms with Crippen LogP contribution >= 0.6 is 11.6 Å². The number of hydrogen-bond donors (Lipinski definition) is 1. The molecule has 2 nitrogen and oxygen atoms in total. The quantitative estimate of drug-likeness (QED) is 0.853. The average Bonchev–Trinajstić information content (AvgIpc) is 2.64. The van der Waals surface area contributed by atoms with Gasteiger partial charge in [0.2, 0.25) is 0 Å². The first-order valence-electron chi connectivity index (χ1n) is 7.01. The zero-order valence-electron chi connectivity index (χ0n) is 12.1. The maximum atomic E-state index is 9.62. The van der Waals surface area contributed by atoms with Crippen molar-refractivity contribution in [1.29, 1.82) is 0 Å². The van der Waals surface area contributed by atoms with Gasteiger partial charge in [0.25, 0.3) is 0 Å². The second-order valence-electron chi connectivity index (χ2n) is 6.01. The summed E-state index contributed by atoms with van der Waals surface area (Å²) < 4.78 is 5.53. The molecule has 1 aromatic carbocycles. The summed E-state index contributed by atoms with van der Waals surface area (Å²) in [6, 6.07) is 2.20. The molecule has 1 aliphatic carbocycles. The number of ether oxygens (including phenoxy) is 1. The van der Waals surface area contributed by atoms with E-state index in [9.17, 15) is 5.11 Å². The van der Waals surface area contributed by atoms with Crippen molar-refractivity contribution in [3.05, 3.63) is 27.8 Å². The van der Waals surface area contributed by atoms with Crippen molar-refractivity contribution in [2.45, 2.75) is 51.4 Å². The lowest BCUT2D eigenvalue weighted by atomic mass is 9.82. The number of aliphatic hydroxyl groups is 1. The molecule has 0 amide bonds. The van der Waals surface area contributed by atoms with Crippen LogP contribution in [0.25, 0.3) is 0 Å². The van der Waals surface area contributed by atoms with E-state index in [1.165, 1.54) is 30.4 Å². The minimum atomic E-state index is -0.337. The Labute approximate surface area is 120 Å². The van der Waals surface area contributed by atoms with Gasteiger partial charge in [0.05, 0.1) is 18.7 Å². The number of fused-ring (bicyclic) bond motifs is 1. The number of aryl methyl sites for hydroxylation is 1. The maximum Gasteiger partial charge on any atom is 0.141 e. The second kappa shape index (κ2) is 5.72. The molecule has 0 spiro atoms. The molecule has 106 valence electrons. The third kappa shape index (κ3) is 2.75. The van der Waals surface area contributed by atoms with Crippen molar-refractivity contribution in [1.82, 2.24) is 0 Å². The van der Waals surface area contributed by atoms with Gasteiger partial charge in [0.15, 0.2) is 0 Å². The Kier molecular flexibility index (Phi) is 4.42. The fourth-order valence-corrected chi connectivity index (χ4v) is 3.19. The summed E-state index contributed by atoms with van der Waals surface area (Å²) in [5.41, 5.74) is 3.26. The molecular weight excluding hydrogens is 260 g/mol. The van der Waals surface area contributed by atoms with Gasteiger partial charge in [-0.25, -0.2) is 0 Å². The van der Waals surface area contributed by atoms with Crippen molar-refractivity contribution in [3.8, 4) is 5.75 Å². The summed E-state index contributed by atoms with van der Waals surface area (Å²) in [5.74, 6) is 0.737. The van der Waals surface area contributed by atoms with Gasteiger partial charge < -0.3 is 9.84 Å². The van der Waals surface area contributed by atoms with E-state index in [-0.39, 0.29) is 12.0 Å². The molecule has 0 heterocycles. The van der Waals surface area contributed by atoms with Gasteiger partial charge >= 0.3 is 0 Å². The number of rotatable bonds is 3. The smallest absolute Gasteiger partial charge is 0.141 e. The highest BCUT2D eigenvalue weighted by atomic mass is 35.5. The monoisotopic (exact) mass is 282 g/mol. The lowest BCUT2D eigenvalue weighted by molar-refractivity contribution is 0.214. The minimum absolute atomic E-state index is 0.0818. The first-order chi connectivity index (χ1) is 9.01. The summed E-state index contributed by atoms with van der Waals surface area (Å²) in [5, 5.41) is 10.4. The molecule has 2 rings (SSSR count). The van der Waals surface area contributed by atoms with E-state index in [2.05, 4.69) is 6.07 Å². The highest BCUT2D eigenvalue weighted by Crippen LogP contribution is 2.42. The Bertz CT molecular complexity index is 466. The Balaban J connectivity index is 2.62. The van der Waals surface area contributed by atoms with E-state index in [1.807, 2.05) is 13.8 Å². The van der Waals surface area contributed by atoms with E-state index >= 15 is 0 Å². The fourth-order valence-electron chi connectivity index (χ4n) is 2.80. The molecule has 19 heavy (non-hydrogen) atoms. The molecule has 3 heteroatoms. The molecule has 1 aromatic rings. The largest absolute Gasteiger partial charge is 0.495 e. The van der Waals surface area contributed by atoms with Crippen molar-refractivity contribution in [3.63, 3.8) is 0 Å². The Morgan fingerprint density at radius 3 is 2.58 bits per heavy atom. The summed E-state index contributed by atoms with van der Waals surface area (Å²) in [7, 11) is 1.65. The Morgan fingerprint density at radius 1 is 1.26 bits per heavy atom. The van der Waals surface area contributed by atoms with Gasteiger partial charge in [0, 0.05) is 11.0 Å². The molecule has 0 bridgehead atoms. The van der Waals surface area contributed by atoms with Gasteiger partial charge in [-0.05, 0) is 36.8 Å². The van der Waals surface area contributed by atoms with E-state index in [4.69, 9.17) is 16.3 Å². The van der Waals surface area contributed by atoms with Crippen LogP contribution in [0.2, 0.25) is 5.02 Å². The van der Waals surface area contributed by atoms with Crippen molar-refractivity contribution in [2.24, 2.45) is 0 Å². The Hall–Kier alpha value is -0.730. The predicted octanol–water partition coefficient (Wildman–Crippen LogP) is 3.89. The molecule has 0 radical (unpaired) electrons. The zero-order chi connectivity index (χ0) is 14.0. The van der Waals surface area contributed by atoms with Gasteiger partial charge in [-0.15, -0.1) is 0 Å². The van der Waals surface area contributed by atoms with Crippen LogP contribution < -0.4 is 4.74 Å².